The van der Waals surface area contributed by atoms with Gasteiger partial charge in [-0.05, 0) is 83.5 Å². The molecular formula is C60H113NO5. The first kappa shape index (κ1) is 64.1. The Morgan fingerprint density at radius 1 is 0.424 bits per heavy atom. The van der Waals surface area contributed by atoms with E-state index in [1.165, 1.54) is 225 Å². The molecule has 0 radical (unpaired) electrons. The van der Waals surface area contributed by atoms with Crippen LogP contribution in [0, 0.1) is 0 Å². The Morgan fingerprint density at radius 2 is 0.758 bits per heavy atom. The Kier molecular flexibility index (Phi) is 54.1. The van der Waals surface area contributed by atoms with E-state index in [1.54, 1.807) is 0 Å². The average molecular weight is 929 g/mol. The molecule has 2 atom stereocenters. The summed E-state index contributed by atoms with van der Waals surface area (Å²) in [5.41, 5.74) is 0. The number of allylic oxidation sites excluding steroid dienone is 6. The number of hydrogen-bond donors (Lipinski definition) is 3. The van der Waals surface area contributed by atoms with Crippen molar-refractivity contribution < 1.29 is 24.5 Å². The topological polar surface area (TPSA) is 95.9 Å². The third-order valence-electron chi connectivity index (χ3n) is 13.4. The van der Waals surface area contributed by atoms with E-state index < -0.39 is 12.1 Å². The molecule has 0 saturated carbocycles. The van der Waals surface area contributed by atoms with Crippen LogP contribution in [0.25, 0.3) is 0 Å². The van der Waals surface area contributed by atoms with Crippen LogP contribution in [-0.2, 0) is 14.3 Å². The molecule has 0 heterocycles. The van der Waals surface area contributed by atoms with Crippen molar-refractivity contribution in [2.45, 2.75) is 321 Å². The van der Waals surface area contributed by atoms with Gasteiger partial charge in [-0.15, -0.1) is 0 Å². The zero-order valence-corrected chi connectivity index (χ0v) is 44.2. The Labute approximate surface area is 411 Å². The van der Waals surface area contributed by atoms with Gasteiger partial charge in [-0.1, -0.05) is 249 Å². The lowest BCUT2D eigenvalue weighted by atomic mass is 10.0. The molecule has 2 unspecified atom stereocenters. The molecule has 66 heavy (non-hydrogen) atoms. The summed E-state index contributed by atoms with van der Waals surface area (Å²) >= 11 is 0. The molecule has 0 aromatic carbocycles. The fraction of sp³-hybridized carbons (Fsp3) is 0.867. The van der Waals surface area contributed by atoms with Crippen LogP contribution in [0.5, 0.6) is 0 Å². The van der Waals surface area contributed by atoms with Crippen molar-refractivity contribution in [1.82, 2.24) is 5.32 Å². The fourth-order valence-corrected chi connectivity index (χ4v) is 8.90. The van der Waals surface area contributed by atoms with Crippen molar-refractivity contribution in [3.63, 3.8) is 0 Å². The minimum atomic E-state index is -0.665. The summed E-state index contributed by atoms with van der Waals surface area (Å²) in [6, 6.07) is -0.543. The Bertz CT molecular complexity index is 1070. The molecule has 1 amide bonds. The fourth-order valence-electron chi connectivity index (χ4n) is 8.90. The van der Waals surface area contributed by atoms with E-state index in [0.717, 1.165) is 51.4 Å². The van der Waals surface area contributed by atoms with Crippen LogP contribution < -0.4 is 5.32 Å². The lowest BCUT2D eigenvalue weighted by molar-refractivity contribution is -0.143. The molecular weight excluding hydrogens is 815 g/mol. The smallest absolute Gasteiger partial charge is 0.305 e. The number of ether oxygens (including phenoxy) is 1. The van der Waals surface area contributed by atoms with Gasteiger partial charge >= 0.3 is 5.97 Å². The Morgan fingerprint density at radius 3 is 1.18 bits per heavy atom. The molecule has 0 aliphatic carbocycles. The van der Waals surface area contributed by atoms with Gasteiger partial charge in [0.15, 0.2) is 0 Å². The van der Waals surface area contributed by atoms with Crippen LogP contribution in [0.15, 0.2) is 36.5 Å². The first-order valence-corrected chi connectivity index (χ1v) is 29.2. The van der Waals surface area contributed by atoms with E-state index in [4.69, 9.17) is 4.74 Å². The van der Waals surface area contributed by atoms with Crippen molar-refractivity contribution in [2.24, 2.45) is 0 Å². The molecule has 0 rings (SSSR count). The van der Waals surface area contributed by atoms with Crippen molar-refractivity contribution >= 4 is 11.9 Å². The van der Waals surface area contributed by atoms with Crippen molar-refractivity contribution in [2.75, 3.05) is 13.2 Å². The largest absolute Gasteiger partial charge is 0.466 e. The maximum atomic E-state index is 12.4. The van der Waals surface area contributed by atoms with Crippen LogP contribution in [0.4, 0.5) is 0 Å². The zero-order chi connectivity index (χ0) is 47.9. The summed E-state index contributed by atoms with van der Waals surface area (Å²) in [5, 5.41) is 23.1. The summed E-state index contributed by atoms with van der Waals surface area (Å²) in [4.78, 5) is 24.5. The highest BCUT2D eigenvalue weighted by Crippen LogP contribution is 2.16. The van der Waals surface area contributed by atoms with Crippen LogP contribution in [0.1, 0.15) is 309 Å². The number of esters is 1. The number of carbonyl (C=O) groups is 2. The first-order valence-electron chi connectivity index (χ1n) is 29.2. The van der Waals surface area contributed by atoms with Gasteiger partial charge in [0.1, 0.15) is 0 Å². The molecule has 0 bridgehead atoms. The van der Waals surface area contributed by atoms with Crippen molar-refractivity contribution in [3.05, 3.63) is 36.5 Å². The SMILES string of the molecule is CCCCCC/C=C\C/C=C\CCCCCCCC(=O)OCCCCCCCCCCCCCC/C=C\CCCCCCCCCCC(=O)NC(CO)C(O)CCCCCCCCCCC. The van der Waals surface area contributed by atoms with E-state index in [9.17, 15) is 19.8 Å². The highest BCUT2D eigenvalue weighted by Gasteiger charge is 2.20. The molecule has 0 aliphatic rings. The van der Waals surface area contributed by atoms with Gasteiger partial charge in [0.2, 0.25) is 5.91 Å². The summed E-state index contributed by atoms with van der Waals surface area (Å²) in [7, 11) is 0. The summed E-state index contributed by atoms with van der Waals surface area (Å²) in [5.74, 6) is -0.0434. The molecule has 0 fully saturated rings. The monoisotopic (exact) mass is 928 g/mol. The molecule has 0 aliphatic heterocycles. The van der Waals surface area contributed by atoms with Gasteiger partial charge in [0.25, 0.3) is 0 Å². The quantitative estimate of drug-likeness (QED) is 0.0321. The van der Waals surface area contributed by atoms with Crippen molar-refractivity contribution in [3.8, 4) is 0 Å². The third-order valence-corrected chi connectivity index (χ3v) is 13.4. The van der Waals surface area contributed by atoms with Gasteiger partial charge in [-0.2, -0.15) is 0 Å². The van der Waals surface area contributed by atoms with Crippen LogP contribution in [0.3, 0.4) is 0 Å². The number of hydrogen-bond acceptors (Lipinski definition) is 5. The van der Waals surface area contributed by atoms with Crippen LogP contribution in [-0.4, -0.2) is 47.4 Å². The summed E-state index contributed by atoms with van der Waals surface area (Å²) in [6.45, 7) is 4.91. The Balaban J connectivity index is 3.38. The van der Waals surface area contributed by atoms with Gasteiger partial charge < -0.3 is 20.3 Å². The first-order chi connectivity index (χ1) is 32.5. The number of nitrogens with one attached hydrogen (secondary N) is 1. The second-order valence-electron chi connectivity index (χ2n) is 20.0. The number of aliphatic hydroxyl groups is 2. The zero-order valence-electron chi connectivity index (χ0n) is 44.2. The molecule has 0 aromatic rings. The number of rotatable bonds is 54. The molecule has 0 aromatic heterocycles. The van der Waals surface area contributed by atoms with Gasteiger partial charge in [-0.25, -0.2) is 0 Å². The predicted molar refractivity (Wildman–Crippen MR) is 287 cm³/mol. The highest BCUT2D eigenvalue weighted by atomic mass is 16.5. The third kappa shape index (κ3) is 51.5. The van der Waals surface area contributed by atoms with Gasteiger partial charge in [0.05, 0.1) is 25.4 Å². The van der Waals surface area contributed by atoms with Crippen molar-refractivity contribution in [1.29, 1.82) is 0 Å². The molecule has 0 saturated heterocycles. The van der Waals surface area contributed by atoms with E-state index >= 15 is 0 Å². The lowest BCUT2D eigenvalue weighted by Crippen LogP contribution is -2.45. The number of carbonyl (C=O) groups excluding carboxylic acids is 2. The van der Waals surface area contributed by atoms with Gasteiger partial charge in [0, 0.05) is 12.8 Å². The molecule has 6 heteroatoms. The molecule has 388 valence electrons. The van der Waals surface area contributed by atoms with Gasteiger partial charge in [-0.3, -0.25) is 9.59 Å². The normalized spacial score (nSPS) is 12.8. The summed E-state index contributed by atoms with van der Waals surface area (Å²) in [6.07, 6.45) is 68.7. The maximum absolute atomic E-state index is 12.4. The second kappa shape index (κ2) is 55.7. The lowest BCUT2D eigenvalue weighted by Gasteiger charge is -2.22. The number of aliphatic hydroxyl groups excluding tert-OH is 2. The average Bonchev–Trinajstić information content (AvgIpc) is 3.32. The molecule has 3 N–H and O–H groups in total. The Hall–Kier alpha value is -1.92. The molecule has 0 spiro atoms. The minimum absolute atomic E-state index is 0.00129. The predicted octanol–water partition coefficient (Wildman–Crippen LogP) is 18.0. The standard InChI is InChI=1S/C60H113NO5/c1-3-5-7-9-11-13-14-15-16-28-31-34-38-42-46-50-54-60(65)66-55-51-47-43-39-35-32-29-26-24-22-20-18-17-19-21-23-25-27-30-33-37-41-45-49-53-59(64)61-57(56-62)58(63)52-48-44-40-36-12-10-8-6-4-2/h13-14,16,19,21,28,57-58,62-63H,3-12,15,17-18,20,22-27,29-56H2,1-2H3,(H,61,64)/b14-13-,21-19-,28-16-. The molecule has 6 nitrogen and oxygen atoms in total. The maximum Gasteiger partial charge on any atom is 0.305 e. The van der Waals surface area contributed by atoms with E-state index in [2.05, 4.69) is 55.6 Å². The van der Waals surface area contributed by atoms with Crippen LogP contribution >= 0.6 is 0 Å². The van der Waals surface area contributed by atoms with E-state index in [1.807, 2.05) is 0 Å². The number of unbranched alkanes of at least 4 members (excludes halogenated alkanes) is 37. The summed E-state index contributed by atoms with van der Waals surface area (Å²) < 4.78 is 5.48. The van der Waals surface area contributed by atoms with E-state index in [-0.39, 0.29) is 18.5 Å². The number of amides is 1. The highest BCUT2D eigenvalue weighted by molar-refractivity contribution is 5.76. The minimum Gasteiger partial charge on any atom is -0.466 e. The van der Waals surface area contributed by atoms with E-state index in [0.29, 0.717) is 25.9 Å². The van der Waals surface area contributed by atoms with Crippen LogP contribution in [0.2, 0.25) is 0 Å². The second-order valence-corrected chi connectivity index (χ2v) is 20.0.